The summed E-state index contributed by atoms with van der Waals surface area (Å²) in [5.74, 6) is -0.256. The van der Waals surface area contributed by atoms with E-state index in [9.17, 15) is 22.0 Å². The second-order valence-electron chi connectivity index (χ2n) is 6.46. The summed E-state index contributed by atoms with van der Waals surface area (Å²) in [6.45, 7) is -0.775. The van der Waals surface area contributed by atoms with Crippen molar-refractivity contribution < 1.29 is 26.7 Å². The molecule has 2 N–H and O–H groups in total. The zero-order valence-corrected chi connectivity index (χ0v) is 19.0. The largest absolute Gasteiger partial charge is 0.435 e. The smallest absolute Gasteiger partial charge is 0.387 e. The molecule has 3 aromatic rings. The molecule has 7 nitrogen and oxygen atoms in total. The van der Waals surface area contributed by atoms with Gasteiger partial charge in [0, 0.05) is 21.9 Å². The maximum absolute atomic E-state index is 12.5. The van der Waals surface area contributed by atoms with Crippen LogP contribution in [0.2, 0.25) is 0 Å². The van der Waals surface area contributed by atoms with Gasteiger partial charge in [0.2, 0.25) is 10.0 Å². The average molecular weight is 488 g/mol. The number of rotatable bonds is 9. The Bertz CT molecular complexity index is 1160. The first-order valence-corrected chi connectivity index (χ1v) is 12.5. The van der Waals surface area contributed by atoms with Crippen molar-refractivity contribution in [2.75, 3.05) is 18.1 Å². The molecule has 1 amide bonds. The minimum Gasteiger partial charge on any atom is -0.435 e. The molecule has 1 aromatic carbocycles. The highest BCUT2D eigenvalue weighted by Crippen LogP contribution is 2.32. The number of thiophene rings is 1. The van der Waals surface area contributed by atoms with E-state index in [1.807, 2.05) is 6.92 Å². The quantitative estimate of drug-likeness (QED) is 0.473. The number of ether oxygens (including phenoxy) is 1. The van der Waals surface area contributed by atoms with Crippen LogP contribution in [0.5, 0.6) is 5.75 Å². The number of aromatic nitrogens is 1. The number of hydrogen-bond acceptors (Lipinski definition) is 7. The summed E-state index contributed by atoms with van der Waals surface area (Å²) in [6.07, 6.45) is 1.58. The number of benzene rings is 1. The van der Waals surface area contributed by atoms with Crippen molar-refractivity contribution in [1.82, 2.24) is 9.71 Å². The maximum Gasteiger partial charge on any atom is 0.387 e. The molecule has 0 unspecified atom stereocenters. The normalized spacial score (nSPS) is 11.6. The van der Waals surface area contributed by atoms with E-state index in [1.54, 1.807) is 24.3 Å². The van der Waals surface area contributed by atoms with Crippen LogP contribution < -0.4 is 14.8 Å². The topological polar surface area (TPSA) is 97.4 Å². The summed E-state index contributed by atoms with van der Waals surface area (Å²) in [5, 5.41) is 3.18. The number of hydrogen-bond donors (Lipinski definition) is 2. The van der Waals surface area contributed by atoms with Crippen LogP contribution in [-0.2, 0) is 16.4 Å². The van der Waals surface area contributed by atoms with Gasteiger partial charge in [-0.1, -0.05) is 0 Å². The van der Waals surface area contributed by atoms with Crippen LogP contribution in [0.15, 0.2) is 36.4 Å². The third-order valence-corrected chi connectivity index (χ3v) is 6.75. The van der Waals surface area contributed by atoms with Gasteiger partial charge in [-0.15, -0.1) is 22.7 Å². The van der Waals surface area contributed by atoms with Crippen molar-refractivity contribution in [2.24, 2.45) is 0 Å². The standard InChI is InChI=1S/C19H19F2N3O4S3/c1-11-16(12-3-5-13(6-4-12)28-18(20)21)23-19(29-11)24-17(25)15-8-7-14(30-15)9-10-22-31(2,26)27/h3-8,18,22H,9-10H2,1-2H3,(H,23,24,25). The summed E-state index contributed by atoms with van der Waals surface area (Å²) in [4.78, 5) is 19.2. The molecule has 166 valence electrons. The van der Waals surface area contributed by atoms with E-state index in [2.05, 4.69) is 19.8 Å². The van der Waals surface area contributed by atoms with E-state index < -0.39 is 16.6 Å². The van der Waals surface area contributed by atoms with Crippen molar-refractivity contribution in [3.8, 4) is 17.0 Å². The first kappa shape index (κ1) is 23.3. The number of aryl methyl sites for hydroxylation is 1. The molecule has 0 bridgehead atoms. The summed E-state index contributed by atoms with van der Waals surface area (Å²) in [7, 11) is -3.25. The number of nitrogens with one attached hydrogen (secondary N) is 2. The number of thiazole rings is 1. The lowest BCUT2D eigenvalue weighted by molar-refractivity contribution is -0.0498. The number of amides is 1. The van der Waals surface area contributed by atoms with Crippen LogP contribution in [0.1, 0.15) is 19.4 Å². The monoisotopic (exact) mass is 487 g/mol. The zero-order chi connectivity index (χ0) is 22.6. The minimum absolute atomic E-state index is 0.0559. The van der Waals surface area contributed by atoms with Crippen molar-refractivity contribution in [1.29, 1.82) is 0 Å². The molecule has 0 aliphatic heterocycles. The Morgan fingerprint density at radius 2 is 1.87 bits per heavy atom. The Hall–Kier alpha value is -2.41. The van der Waals surface area contributed by atoms with Gasteiger partial charge in [0.25, 0.3) is 5.91 Å². The highest BCUT2D eigenvalue weighted by atomic mass is 32.2. The molecule has 0 radical (unpaired) electrons. The highest BCUT2D eigenvalue weighted by molar-refractivity contribution is 7.88. The minimum atomic E-state index is -3.25. The molecule has 0 aliphatic rings. The molecule has 0 atom stereocenters. The molecule has 31 heavy (non-hydrogen) atoms. The maximum atomic E-state index is 12.5. The lowest BCUT2D eigenvalue weighted by Gasteiger charge is -2.05. The van der Waals surface area contributed by atoms with Crippen molar-refractivity contribution in [2.45, 2.75) is 20.0 Å². The van der Waals surface area contributed by atoms with Crippen LogP contribution in [-0.4, -0.2) is 38.7 Å². The Morgan fingerprint density at radius 3 is 2.52 bits per heavy atom. The first-order chi connectivity index (χ1) is 14.6. The SMILES string of the molecule is Cc1sc(NC(=O)c2ccc(CCNS(C)(=O)=O)s2)nc1-c1ccc(OC(F)F)cc1. The fraction of sp³-hybridized carbons (Fsp3) is 0.263. The van der Waals surface area contributed by atoms with E-state index in [0.29, 0.717) is 27.7 Å². The van der Waals surface area contributed by atoms with E-state index >= 15 is 0 Å². The Kier molecular flexibility index (Phi) is 7.36. The fourth-order valence-electron chi connectivity index (χ4n) is 2.66. The molecular formula is C19H19F2N3O4S3. The Morgan fingerprint density at radius 1 is 1.16 bits per heavy atom. The second-order valence-corrected chi connectivity index (χ2v) is 10.7. The van der Waals surface area contributed by atoms with E-state index in [1.165, 1.54) is 34.8 Å². The van der Waals surface area contributed by atoms with Crippen LogP contribution in [0.25, 0.3) is 11.3 Å². The third-order valence-electron chi connectivity index (χ3n) is 3.99. The predicted molar refractivity (Wildman–Crippen MR) is 118 cm³/mol. The molecule has 0 spiro atoms. The van der Waals surface area contributed by atoms with Gasteiger partial charge < -0.3 is 4.74 Å². The number of alkyl halides is 2. The number of halogens is 2. The molecule has 2 heterocycles. The molecule has 0 saturated carbocycles. The fourth-order valence-corrected chi connectivity index (χ4v) is 4.87. The zero-order valence-electron chi connectivity index (χ0n) is 16.5. The van der Waals surface area contributed by atoms with Crippen LogP contribution in [0.4, 0.5) is 13.9 Å². The van der Waals surface area contributed by atoms with Crippen molar-refractivity contribution >= 4 is 43.7 Å². The van der Waals surface area contributed by atoms with Crippen LogP contribution in [0, 0.1) is 6.92 Å². The van der Waals surface area contributed by atoms with Crippen molar-refractivity contribution in [3.05, 3.63) is 51.0 Å². The van der Waals surface area contributed by atoms with Crippen LogP contribution in [0.3, 0.4) is 0 Å². The predicted octanol–water partition coefficient (Wildman–Crippen LogP) is 4.13. The molecule has 0 fully saturated rings. The number of sulfonamides is 1. The van der Waals surface area contributed by atoms with Gasteiger partial charge in [-0.25, -0.2) is 18.1 Å². The third kappa shape index (κ3) is 6.79. The number of anilines is 1. The second kappa shape index (κ2) is 9.81. The lowest BCUT2D eigenvalue weighted by Crippen LogP contribution is -2.24. The summed E-state index contributed by atoms with van der Waals surface area (Å²) < 4.78 is 53.6. The molecule has 12 heteroatoms. The summed E-state index contributed by atoms with van der Waals surface area (Å²) in [5.41, 5.74) is 1.36. The molecule has 0 saturated heterocycles. The van der Waals surface area contributed by atoms with Gasteiger partial charge in [0.15, 0.2) is 5.13 Å². The number of nitrogens with zero attached hydrogens (tertiary/aromatic N) is 1. The summed E-state index contributed by atoms with van der Waals surface area (Å²) in [6, 6.07) is 9.58. The van der Waals surface area contributed by atoms with Gasteiger partial charge >= 0.3 is 6.61 Å². The Balaban J connectivity index is 1.64. The number of carbonyl (C=O) groups is 1. The van der Waals surface area contributed by atoms with E-state index in [4.69, 9.17) is 0 Å². The number of carbonyl (C=O) groups excluding carboxylic acids is 1. The lowest BCUT2D eigenvalue weighted by atomic mass is 10.1. The van der Waals surface area contributed by atoms with Gasteiger partial charge in [-0.05, 0) is 49.7 Å². The Labute approximate surface area is 186 Å². The van der Waals surface area contributed by atoms with Gasteiger partial charge in [-0.2, -0.15) is 8.78 Å². The van der Waals surface area contributed by atoms with Gasteiger partial charge in [0.1, 0.15) is 5.75 Å². The van der Waals surface area contributed by atoms with E-state index in [-0.39, 0.29) is 18.2 Å². The molecule has 3 rings (SSSR count). The first-order valence-electron chi connectivity index (χ1n) is 8.98. The average Bonchev–Trinajstić information content (AvgIpc) is 3.28. The van der Waals surface area contributed by atoms with Gasteiger partial charge in [-0.3, -0.25) is 10.1 Å². The van der Waals surface area contributed by atoms with Crippen LogP contribution >= 0.6 is 22.7 Å². The molecule has 0 aliphatic carbocycles. The highest BCUT2D eigenvalue weighted by Gasteiger charge is 2.15. The molecular weight excluding hydrogens is 468 g/mol. The summed E-state index contributed by atoms with van der Waals surface area (Å²) >= 11 is 2.58. The van der Waals surface area contributed by atoms with Gasteiger partial charge in [0.05, 0.1) is 16.8 Å². The van der Waals surface area contributed by atoms with E-state index in [0.717, 1.165) is 16.0 Å². The molecule has 2 aromatic heterocycles. The van der Waals surface area contributed by atoms with Crippen molar-refractivity contribution in [3.63, 3.8) is 0 Å².